The Bertz CT molecular complexity index is 583. The number of hydrogen-bond donors (Lipinski definition) is 2. The summed E-state index contributed by atoms with van der Waals surface area (Å²) in [5.41, 5.74) is 5.91. The van der Waals surface area contributed by atoms with E-state index in [4.69, 9.17) is 22.5 Å². The summed E-state index contributed by atoms with van der Waals surface area (Å²) in [6.45, 7) is 0. The highest BCUT2D eigenvalue weighted by molar-refractivity contribution is 14.1. The third-order valence-corrected chi connectivity index (χ3v) is 2.95. The van der Waals surface area contributed by atoms with E-state index in [0.29, 0.717) is 11.4 Å². The zero-order valence-electron chi connectivity index (χ0n) is 8.38. The molecule has 8 heteroatoms. The van der Waals surface area contributed by atoms with Gasteiger partial charge in [0.15, 0.2) is 11.7 Å². The molecular formula is C9H7ClIN5O. The summed E-state index contributed by atoms with van der Waals surface area (Å²) in [6.07, 6.45) is 4.96. The maximum atomic E-state index is 8.64. The quantitative estimate of drug-likeness (QED) is 0.279. The second kappa shape index (κ2) is 4.88. The van der Waals surface area contributed by atoms with E-state index in [2.05, 4.69) is 37.8 Å². The first-order chi connectivity index (χ1) is 8.13. The minimum absolute atomic E-state index is 0.0690. The van der Waals surface area contributed by atoms with Crippen molar-refractivity contribution in [2.45, 2.75) is 0 Å². The minimum Gasteiger partial charge on any atom is -0.409 e. The van der Waals surface area contributed by atoms with Gasteiger partial charge in [0, 0.05) is 18.0 Å². The summed E-state index contributed by atoms with van der Waals surface area (Å²) in [7, 11) is 0. The van der Waals surface area contributed by atoms with Crippen molar-refractivity contribution in [3.63, 3.8) is 0 Å². The van der Waals surface area contributed by atoms with Gasteiger partial charge in [-0.1, -0.05) is 16.8 Å². The SMILES string of the molecule is N/C(=N/O)c1ccnc(-n2cc(I)cn2)c1Cl. The van der Waals surface area contributed by atoms with Crippen LogP contribution in [-0.4, -0.2) is 25.8 Å². The Morgan fingerprint density at radius 1 is 1.59 bits per heavy atom. The van der Waals surface area contributed by atoms with Gasteiger partial charge in [-0.15, -0.1) is 0 Å². The number of rotatable bonds is 2. The Hall–Kier alpha value is -1.35. The molecule has 3 N–H and O–H groups in total. The molecule has 0 aromatic carbocycles. The van der Waals surface area contributed by atoms with Gasteiger partial charge in [-0.2, -0.15) is 5.10 Å². The maximum Gasteiger partial charge on any atom is 0.172 e. The van der Waals surface area contributed by atoms with Crippen LogP contribution in [0.3, 0.4) is 0 Å². The van der Waals surface area contributed by atoms with Gasteiger partial charge in [-0.3, -0.25) is 0 Å². The molecule has 0 spiro atoms. The molecule has 2 aromatic heterocycles. The lowest BCUT2D eigenvalue weighted by Crippen LogP contribution is -2.15. The molecule has 6 nitrogen and oxygen atoms in total. The lowest BCUT2D eigenvalue weighted by Gasteiger charge is -2.06. The first-order valence-electron chi connectivity index (χ1n) is 4.46. The van der Waals surface area contributed by atoms with Crippen LogP contribution in [0, 0.1) is 3.57 Å². The molecule has 0 amide bonds. The van der Waals surface area contributed by atoms with Crippen LogP contribution in [0.2, 0.25) is 5.02 Å². The van der Waals surface area contributed by atoms with E-state index in [0.717, 1.165) is 3.57 Å². The average molecular weight is 364 g/mol. The number of oxime groups is 1. The molecular weight excluding hydrogens is 356 g/mol. The monoisotopic (exact) mass is 363 g/mol. The molecule has 0 bridgehead atoms. The molecule has 0 aliphatic rings. The molecule has 0 radical (unpaired) electrons. The fourth-order valence-corrected chi connectivity index (χ4v) is 1.94. The Kier molecular flexibility index (Phi) is 3.48. The van der Waals surface area contributed by atoms with Gasteiger partial charge in [-0.05, 0) is 28.7 Å². The standard InChI is InChI=1S/C9H7ClIN5O/c10-7-6(8(12)15-17)1-2-13-9(7)16-4-5(11)3-14-16/h1-4,17H,(H2,12,15). The summed E-state index contributed by atoms with van der Waals surface area (Å²) >= 11 is 8.25. The molecule has 0 unspecified atom stereocenters. The Morgan fingerprint density at radius 2 is 2.35 bits per heavy atom. The number of nitrogens with zero attached hydrogens (tertiary/aromatic N) is 4. The highest BCUT2D eigenvalue weighted by Gasteiger charge is 2.13. The van der Waals surface area contributed by atoms with Gasteiger partial charge < -0.3 is 10.9 Å². The summed E-state index contributed by atoms with van der Waals surface area (Å²) in [5.74, 6) is 0.360. The number of pyridine rings is 1. The van der Waals surface area contributed by atoms with Gasteiger partial charge in [0.25, 0.3) is 0 Å². The van der Waals surface area contributed by atoms with E-state index in [1.165, 1.54) is 10.9 Å². The third-order valence-electron chi connectivity index (χ3n) is 2.02. The molecule has 2 aromatic rings. The molecule has 0 fully saturated rings. The first-order valence-corrected chi connectivity index (χ1v) is 5.92. The van der Waals surface area contributed by atoms with Gasteiger partial charge in [-0.25, -0.2) is 9.67 Å². The average Bonchev–Trinajstić information content (AvgIpc) is 2.75. The van der Waals surface area contributed by atoms with Crippen molar-refractivity contribution in [3.05, 3.63) is 38.8 Å². The van der Waals surface area contributed by atoms with Gasteiger partial charge in [0.05, 0.1) is 14.8 Å². The second-order valence-electron chi connectivity index (χ2n) is 3.08. The van der Waals surface area contributed by atoms with Gasteiger partial charge in [0.2, 0.25) is 0 Å². The zero-order chi connectivity index (χ0) is 12.4. The van der Waals surface area contributed by atoms with E-state index in [-0.39, 0.29) is 10.9 Å². The molecule has 2 rings (SSSR count). The van der Waals surface area contributed by atoms with Crippen LogP contribution in [-0.2, 0) is 0 Å². The van der Waals surface area contributed by atoms with Crippen molar-refractivity contribution >= 4 is 40.0 Å². The van der Waals surface area contributed by atoms with Gasteiger partial charge in [0.1, 0.15) is 0 Å². The normalized spacial score (nSPS) is 11.8. The number of aromatic nitrogens is 3. The van der Waals surface area contributed by atoms with E-state index in [1.54, 1.807) is 18.5 Å². The maximum absolute atomic E-state index is 8.64. The molecule has 0 aliphatic carbocycles. The van der Waals surface area contributed by atoms with E-state index in [1.807, 2.05) is 0 Å². The van der Waals surface area contributed by atoms with Crippen LogP contribution in [0.25, 0.3) is 5.82 Å². The number of hydrogen-bond acceptors (Lipinski definition) is 4. The van der Waals surface area contributed by atoms with Crippen LogP contribution in [0.5, 0.6) is 0 Å². The lowest BCUT2D eigenvalue weighted by atomic mass is 10.2. The number of halogens is 2. The molecule has 17 heavy (non-hydrogen) atoms. The van der Waals surface area contributed by atoms with Gasteiger partial charge >= 0.3 is 0 Å². The van der Waals surface area contributed by atoms with Crippen LogP contribution in [0.1, 0.15) is 5.56 Å². The fraction of sp³-hybridized carbons (Fsp3) is 0. The van der Waals surface area contributed by atoms with E-state index >= 15 is 0 Å². The van der Waals surface area contributed by atoms with Crippen molar-refractivity contribution in [1.82, 2.24) is 14.8 Å². The van der Waals surface area contributed by atoms with E-state index in [9.17, 15) is 0 Å². The summed E-state index contributed by atoms with van der Waals surface area (Å²) in [4.78, 5) is 4.11. The van der Waals surface area contributed by atoms with E-state index < -0.39 is 0 Å². The Balaban J connectivity index is 2.57. The smallest absolute Gasteiger partial charge is 0.172 e. The van der Waals surface area contributed by atoms with Crippen LogP contribution < -0.4 is 5.73 Å². The largest absolute Gasteiger partial charge is 0.409 e. The molecule has 0 aliphatic heterocycles. The van der Waals surface area contributed by atoms with Crippen LogP contribution in [0.4, 0.5) is 0 Å². The lowest BCUT2D eigenvalue weighted by molar-refractivity contribution is 0.318. The summed E-state index contributed by atoms with van der Waals surface area (Å²) in [6, 6.07) is 1.56. The molecule has 2 heterocycles. The predicted octanol–water partition coefficient (Wildman–Crippen LogP) is 1.62. The van der Waals surface area contributed by atoms with Crippen molar-refractivity contribution in [2.24, 2.45) is 10.9 Å². The molecule has 0 saturated heterocycles. The first kappa shape index (κ1) is 12.1. The highest BCUT2D eigenvalue weighted by Crippen LogP contribution is 2.22. The second-order valence-corrected chi connectivity index (χ2v) is 4.71. The van der Waals surface area contributed by atoms with Crippen LogP contribution >= 0.6 is 34.2 Å². The molecule has 0 saturated carbocycles. The van der Waals surface area contributed by atoms with Crippen molar-refractivity contribution in [3.8, 4) is 5.82 Å². The third kappa shape index (κ3) is 2.34. The minimum atomic E-state index is -0.0690. The van der Waals surface area contributed by atoms with Crippen LogP contribution in [0.15, 0.2) is 29.8 Å². The fourth-order valence-electron chi connectivity index (χ4n) is 1.26. The topological polar surface area (TPSA) is 89.3 Å². The number of nitrogens with two attached hydrogens (primary N) is 1. The van der Waals surface area contributed by atoms with Crippen molar-refractivity contribution < 1.29 is 5.21 Å². The summed E-state index contributed by atoms with van der Waals surface area (Å²) < 4.78 is 2.48. The molecule has 88 valence electrons. The summed E-state index contributed by atoms with van der Waals surface area (Å²) in [5, 5.41) is 15.9. The Labute approximate surface area is 115 Å². The van der Waals surface area contributed by atoms with Crippen molar-refractivity contribution in [1.29, 1.82) is 0 Å². The predicted molar refractivity (Wildman–Crippen MR) is 71.6 cm³/mol. The molecule has 0 atom stereocenters. The van der Waals surface area contributed by atoms with Crippen molar-refractivity contribution in [2.75, 3.05) is 0 Å². The zero-order valence-corrected chi connectivity index (χ0v) is 11.3. The number of amidine groups is 1. The highest BCUT2D eigenvalue weighted by atomic mass is 127. The Morgan fingerprint density at radius 3 is 2.94 bits per heavy atom.